The molecule has 4 N–H and O–H groups in total. The maximum absolute atomic E-state index is 11.5. The van der Waals surface area contributed by atoms with Gasteiger partial charge in [-0.25, -0.2) is 18.5 Å². The third kappa shape index (κ3) is 2.27. The molecule has 0 fully saturated rings. The van der Waals surface area contributed by atoms with E-state index < -0.39 is 10.0 Å². The van der Waals surface area contributed by atoms with Crippen molar-refractivity contribution in [2.75, 3.05) is 5.73 Å². The van der Waals surface area contributed by atoms with E-state index in [2.05, 4.69) is 4.98 Å². The van der Waals surface area contributed by atoms with Crippen LogP contribution in [0, 0.1) is 0 Å². The number of nitrogens with zero attached hydrogens (tertiary/aromatic N) is 1. The average molecular weight is 249 g/mol. The molecule has 0 radical (unpaired) electrons. The van der Waals surface area contributed by atoms with Gasteiger partial charge in [0, 0.05) is 11.8 Å². The maximum Gasteiger partial charge on any atom is 0.238 e. The first-order valence-electron chi connectivity index (χ1n) is 4.83. The number of sulfonamides is 1. The van der Waals surface area contributed by atoms with Crippen molar-refractivity contribution in [3.05, 3.63) is 42.6 Å². The van der Waals surface area contributed by atoms with E-state index in [0.717, 1.165) is 0 Å². The van der Waals surface area contributed by atoms with Crippen LogP contribution in [0.5, 0.6) is 0 Å². The zero-order valence-corrected chi connectivity index (χ0v) is 9.68. The number of aromatic nitrogens is 1. The van der Waals surface area contributed by atoms with E-state index in [4.69, 9.17) is 10.9 Å². The zero-order valence-electron chi connectivity index (χ0n) is 8.87. The topological polar surface area (TPSA) is 99.1 Å². The maximum atomic E-state index is 11.5. The minimum absolute atomic E-state index is 0.0174. The normalized spacial score (nSPS) is 11.4. The van der Waals surface area contributed by atoms with Crippen LogP contribution >= 0.6 is 0 Å². The molecule has 2 aromatic rings. The van der Waals surface area contributed by atoms with Gasteiger partial charge in [0.2, 0.25) is 10.0 Å². The van der Waals surface area contributed by atoms with Gasteiger partial charge in [0.25, 0.3) is 0 Å². The molecule has 0 atom stereocenters. The Morgan fingerprint density at radius 3 is 2.29 bits per heavy atom. The molecule has 1 heterocycles. The second kappa shape index (κ2) is 4.15. The molecule has 0 bridgehead atoms. The summed E-state index contributed by atoms with van der Waals surface area (Å²) in [5.41, 5.74) is 6.73. The Bertz CT molecular complexity index is 639. The summed E-state index contributed by atoms with van der Waals surface area (Å²) in [6, 6.07) is 10.2. The first-order valence-corrected chi connectivity index (χ1v) is 6.37. The summed E-state index contributed by atoms with van der Waals surface area (Å²) >= 11 is 0. The Kier molecular flexibility index (Phi) is 2.83. The molecule has 2 rings (SSSR count). The van der Waals surface area contributed by atoms with Crippen LogP contribution in [0.15, 0.2) is 47.5 Å². The van der Waals surface area contributed by atoms with Crippen molar-refractivity contribution in [1.82, 2.24) is 4.98 Å². The smallest absolute Gasteiger partial charge is 0.238 e. The second-order valence-corrected chi connectivity index (χ2v) is 5.01. The van der Waals surface area contributed by atoms with Crippen LogP contribution < -0.4 is 10.9 Å². The molecule has 0 aliphatic heterocycles. The van der Waals surface area contributed by atoms with Gasteiger partial charge in [0.1, 0.15) is 5.82 Å². The highest BCUT2D eigenvalue weighted by molar-refractivity contribution is 7.89. The van der Waals surface area contributed by atoms with Gasteiger partial charge in [0.05, 0.1) is 4.90 Å². The van der Waals surface area contributed by atoms with Crippen molar-refractivity contribution in [3.8, 4) is 11.1 Å². The van der Waals surface area contributed by atoms with Crippen LogP contribution in [0.3, 0.4) is 0 Å². The Morgan fingerprint density at radius 2 is 1.71 bits per heavy atom. The molecule has 17 heavy (non-hydrogen) atoms. The van der Waals surface area contributed by atoms with Crippen molar-refractivity contribution in [2.24, 2.45) is 5.14 Å². The van der Waals surface area contributed by atoms with Crippen LogP contribution in [0.25, 0.3) is 11.1 Å². The molecule has 1 aromatic carbocycles. The fourth-order valence-electron chi connectivity index (χ4n) is 1.59. The fraction of sp³-hybridized carbons (Fsp3) is 0. The van der Waals surface area contributed by atoms with Crippen LogP contribution in [-0.4, -0.2) is 13.4 Å². The van der Waals surface area contributed by atoms with Gasteiger partial charge in [-0.2, -0.15) is 0 Å². The molecule has 0 saturated carbocycles. The molecule has 6 heteroatoms. The van der Waals surface area contributed by atoms with E-state index in [1.807, 2.05) is 6.07 Å². The van der Waals surface area contributed by atoms with Crippen LogP contribution in [0.2, 0.25) is 0 Å². The van der Waals surface area contributed by atoms with Crippen LogP contribution in [-0.2, 0) is 10.0 Å². The Labute approximate surface area is 99.1 Å². The van der Waals surface area contributed by atoms with Crippen LogP contribution in [0.4, 0.5) is 5.82 Å². The van der Waals surface area contributed by atoms with Gasteiger partial charge < -0.3 is 5.73 Å². The van der Waals surface area contributed by atoms with Crippen molar-refractivity contribution < 1.29 is 8.42 Å². The number of hydrogen-bond donors (Lipinski definition) is 2. The second-order valence-electron chi connectivity index (χ2n) is 3.48. The molecule has 0 amide bonds. The highest BCUT2D eigenvalue weighted by atomic mass is 32.2. The summed E-state index contributed by atoms with van der Waals surface area (Å²) in [6.45, 7) is 0. The Morgan fingerprint density at radius 1 is 1.06 bits per heavy atom. The number of pyridine rings is 1. The van der Waals surface area contributed by atoms with Gasteiger partial charge in [0.15, 0.2) is 0 Å². The van der Waals surface area contributed by atoms with Gasteiger partial charge in [-0.3, -0.25) is 0 Å². The van der Waals surface area contributed by atoms with E-state index >= 15 is 0 Å². The number of nitrogens with two attached hydrogens (primary N) is 2. The molecule has 0 aliphatic rings. The van der Waals surface area contributed by atoms with Gasteiger partial charge in [-0.05, 0) is 11.6 Å². The number of benzene rings is 1. The van der Waals surface area contributed by atoms with Gasteiger partial charge in [-0.1, -0.05) is 30.3 Å². The summed E-state index contributed by atoms with van der Waals surface area (Å²) in [4.78, 5) is 3.87. The summed E-state index contributed by atoms with van der Waals surface area (Å²) in [6.07, 6.45) is 1.32. The van der Waals surface area contributed by atoms with E-state index in [0.29, 0.717) is 11.1 Å². The number of nitrogen functional groups attached to an aromatic ring is 1. The number of anilines is 1. The standard InChI is InChI=1S/C11H11N3O2S/c12-11-10(8-4-2-1-3-5-8)9(6-7-14-11)17(13,15)16/h1-7H,(H2,12,14)(H2,13,15,16). The summed E-state index contributed by atoms with van der Waals surface area (Å²) in [5, 5.41) is 5.15. The molecule has 0 spiro atoms. The number of hydrogen-bond acceptors (Lipinski definition) is 4. The lowest BCUT2D eigenvalue weighted by Gasteiger charge is -2.09. The molecule has 88 valence electrons. The summed E-state index contributed by atoms with van der Waals surface area (Å²) in [5.74, 6) is 0.141. The molecular formula is C11H11N3O2S. The average Bonchev–Trinajstić information content (AvgIpc) is 2.28. The summed E-state index contributed by atoms with van der Waals surface area (Å²) in [7, 11) is -3.82. The Hall–Kier alpha value is -1.92. The van der Waals surface area contributed by atoms with E-state index in [1.54, 1.807) is 24.3 Å². The molecule has 0 aliphatic carbocycles. The SMILES string of the molecule is Nc1nccc(S(N)(=O)=O)c1-c1ccccc1. The molecular weight excluding hydrogens is 238 g/mol. The Balaban J connectivity index is 2.78. The lowest BCUT2D eigenvalue weighted by atomic mass is 10.1. The largest absolute Gasteiger partial charge is 0.383 e. The predicted octanol–water partition coefficient (Wildman–Crippen LogP) is 0.978. The summed E-state index contributed by atoms with van der Waals surface area (Å²) < 4.78 is 22.9. The number of rotatable bonds is 2. The fourth-order valence-corrected chi connectivity index (χ4v) is 2.35. The first-order chi connectivity index (χ1) is 8.00. The quantitative estimate of drug-likeness (QED) is 0.828. The zero-order chi connectivity index (χ0) is 12.5. The van der Waals surface area contributed by atoms with Gasteiger partial charge in [-0.15, -0.1) is 0 Å². The highest BCUT2D eigenvalue weighted by Gasteiger charge is 2.17. The number of primary sulfonamides is 1. The predicted molar refractivity (Wildman–Crippen MR) is 65.5 cm³/mol. The van der Waals surface area contributed by atoms with Crippen molar-refractivity contribution in [3.63, 3.8) is 0 Å². The minimum Gasteiger partial charge on any atom is -0.383 e. The first kappa shape index (κ1) is 11.6. The molecule has 0 saturated heterocycles. The van der Waals surface area contributed by atoms with Crippen molar-refractivity contribution in [1.29, 1.82) is 0 Å². The third-order valence-electron chi connectivity index (χ3n) is 2.31. The minimum atomic E-state index is -3.82. The lowest BCUT2D eigenvalue weighted by molar-refractivity contribution is 0.598. The van der Waals surface area contributed by atoms with E-state index in [9.17, 15) is 8.42 Å². The van der Waals surface area contributed by atoms with Crippen molar-refractivity contribution in [2.45, 2.75) is 4.90 Å². The van der Waals surface area contributed by atoms with E-state index in [-0.39, 0.29) is 10.7 Å². The molecule has 1 aromatic heterocycles. The van der Waals surface area contributed by atoms with Crippen molar-refractivity contribution >= 4 is 15.8 Å². The van der Waals surface area contributed by atoms with Gasteiger partial charge >= 0.3 is 0 Å². The highest BCUT2D eigenvalue weighted by Crippen LogP contribution is 2.30. The third-order valence-corrected chi connectivity index (χ3v) is 3.26. The lowest BCUT2D eigenvalue weighted by Crippen LogP contribution is -2.14. The van der Waals surface area contributed by atoms with Crippen LogP contribution in [0.1, 0.15) is 0 Å². The van der Waals surface area contributed by atoms with E-state index in [1.165, 1.54) is 12.3 Å². The molecule has 0 unspecified atom stereocenters. The molecule has 5 nitrogen and oxygen atoms in total. The monoisotopic (exact) mass is 249 g/mol.